The second kappa shape index (κ2) is 7.15. The molecular formula is C12H13Cl3N2O4. The molecule has 116 valence electrons. The molecule has 1 atom stereocenters. The molecule has 0 heterocycles. The lowest BCUT2D eigenvalue weighted by molar-refractivity contribution is -0.384. The molecule has 0 fully saturated rings. The number of halogens is 3. The van der Waals surface area contributed by atoms with E-state index in [2.05, 4.69) is 5.32 Å². The SMILES string of the molecule is CC(C)C(=O)NC(Oc1ccc([N+](=O)[O-])cc1)C(Cl)(Cl)Cl. The van der Waals surface area contributed by atoms with Crippen LogP contribution >= 0.6 is 34.8 Å². The molecule has 0 saturated heterocycles. The van der Waals surface area contributed by atoms with Crippen molar-refractivity contribution in [3.05, 3.63) is 34.4 Å². The van der Waals surface area contributed by atoms with Crippen molar-refractivity contribution in [2.45, 2.75) is 23.9 Å². The molecule has 6 nitrogen and oxygen atoms in total. The Morgan fingerprint density at radius 1 is 1.29 bits per heavy atom. The van der Waals surface area contributed by atoms with Crippen LogP contribution in [0.4, 0.5) is 5.69 Å². The van der Waals surface area contributed by atoms with Crippen LogP contribution in [0.25, 0.3) is 0 Å². The summed E-state index contributed by atoms with van der Waals surface area (Å²) in [5.74, 6) is -0.450. The van der Waals surface area contributed by atoms with Gasteiger partial charge in [-0.25, -0.2) is 0 Å². The molecule has 1 aromatic carbocycles. The van der Waals surface area contributed by atoms with E-state index in [1.54, 1.807) is 13.8 Å². The Morgan fingerprint density at radius 3 is 2.19 bits per heavy atom. The van der Waals surface area contributed by atoms with Gasteiger partial charge in [0.2, 0.25) is 15.9 Å². The fraction of sp³-hybridized carbons (Fsp3) is 0.417. The molecular weight excluding hydrogens is 343 g/mol. The number of nitro benzene ring substituents is 1. The molecule has 0 aliphatic heterocycles. The van der Waals surface area contributed by atoms with Gasteiger partial charge in [0.05, 0.1) is 4.92 Å². The lowest BCUT2D eigenvalue weighted by atomic mass is 10.2. The highest BCUT2D eigenvalue weighted by atomic mass is 35.6. The van der Waals surface area contributed by atoms with Gasteiger partial charge in [0.1, 0.15) is 5.75 Å². The third kappa shape index (κ3) is 5.57. The molecule has 21 heavy (non-hydrogen) atoms. The minimum atomic E-state index is -1.90. The second-order valence-electron chi connectivity index (χ2n) is 4.45. The van der Waals surface area contributed by atoms with Crippen molar-refractivity contribution < 1.29 is 14.5 Å². The number of amides is 1. The largest absolute Gasteiger partial charge is 0.466 e. The number of nitrogens with zero attached hydrogens (tertiary/aromatic N) is 1. The predicted octanol–water partition coefficient (Wildman–Crippen LogP) is 3.44. The smallest absolute Gasteiger partial charge is 0.269 e. The van der Waals surface area contributed by atoms with Gasteiger partial charge in [-0.1, -0.05) is 48.7 Å². The summed E-state index contributed by atoms with van der Waals surface area (Å²) in [6.45, 7) is 3.35. The minimum absolute atomic E-state index is 0.0981. The standard InChI is InChI=1S/C12H13Cl3N2O4/c1-7(2)10(18)16-11(12(13,14)15)21-9-5-3-8(4-6-9)17(19)20/h3-7,11H,1-2H3,(H,16,18). The van der Waals surface area contributed by atoms with E-state index in [0.717, 1.165) is 0 Å². The van der Waals surface area contributed by atoms with Crippen molar-refractivity contribution in [3.63, 3.8) is 0 Å². The molecule has 0 radical (unpaired) electrons. The van der Waals surface area contributed by atoms with E-state index in [4.69, 9.17) is 39.5 Å². The van der Waals surface area contributed by atoms with Crippen LogP contribution in [0.15, 0.2) is 24.3 Å². The van der Waals surface area contributed by atoms with E-state index in [-0.39, 0.29) is 23.3 Å². The monoisotopic (exact) mass is 354 g/mol. The molecule has 0 aliphatic carbocycles. The van der Waals surface area contributed by atoms with Crippen LogP contribution in [-0.2, 0) is 4.79 Å². The number of hydrogen-bond acceptors (Lipinski definition) is 4. The van der Waals surface area contributed by atoms with Gasteiger partial charge < -0.3 is 10.1 Å². The molecule has 9 heteroatoms. The zero-order valence-electron chi connectivity index (χ0n) is 11.2. The first kappa shape index (κ1) is 17.8. The summed E-state index contributed by atoms with van der Waals surface area (Å²) >= 11 is 17.3. The summed E-state index contributed by atoms with van der Waals surface area (Å²) in [6, 6.07) is 5.19. The normalized spacial score (nSPS) is 12.9. The van der Waals surface area contributed by atoms with Gasteiger partial charge in [-0.15, -0.1) is 0 Å². The topological polar surface area (TPSA) is 81.5 Å². The van der Waals surface area contributed by atoms with Gasteiger partial charge >= 0.3 is 0 Å². The molecule has 0 aromatic heterocycles. The Hall–Kier alpha value is -1.24. The summed E-state index contributed by atoms with van der Waals surface area (Å²) in [4.78, 5) is 21.7. The number of carbonyl (C=O) groups excluding carboxylic acids is 1. The highest BCUT2D eigenvalue weighted by Gasteiger charge is 2.36. The van der Waals surface area contributed by atoms with Gasteiger partial charge in [-0.3, -0.25) is 14.9 Å². The summed E-state index contributed by atoms with van der Waals surface area (Å²) in [5, 5.41) is 13.0. The van der Waals surface area contributed by atoms with Crippen LogP contribution in [0, 0.1) is 16.0 Å². The van der Waals surface area contributed by atoms with Crippen molar-refractivity contribution in [1.29, 1.82) is 0 Å². The molecule has 0 spiro atoms. The van der Waals surface area contributed by atoms with Gasteiger partial charge in [-0.2, -0.15) is 0 Å². The van der Waals surface area contributed by atoms with Gasteiger partial charge in [0.25, 0.3) is 5.69 Å². The van der Waals surface area contributed by atoms with E-state index in [1.165, 1.54) is 24.3 Å². The molecule has 1 N–H and O–H groups in total. The van der Waals surface area contributed by atoms with Crippen molar-refractivity contribution in [1.82, 2.24) is 5.32 Å². The van der Waals surface area contributed by atoms with Crippen molar-refractivity contribution in [2.75, 3.05) is 0 Å². The zero-order valence-corrected chi connectivity index (χ0v) is 13.4. The summed E-state index contributed by atoms with van der Waals surface area (Å²) < 4.78 is 3.49. The van der Waals surface area contributed by atoms with Crippen LogP contribution in [0.1, 0.15) is 13.8 Å². The van der Waals surface area contributed by atoms with Crippen LogP contribution in [0.5, 0.6) is 5.75 Å². The molecule has 0 bridgehead atoms. The van der Waals surface area contributed by atoms with Gasteiger partial charge in [0.15, 0.2) is 0 Å². The number of non-ortho nitro benzene ring substituents is 1. The van der Waals surface area contributed by atoms with Gasteiger partial charge in [0, 0.05) is 18.1 Å². The number of carbonyl (C=O) groups is 1. The maximum atomic E-state index is 11.7. The number of alkyl halides is 3. The van der Waals surface area contributed by atoms with E-state index in [9.17, 15) is 14.9 Å². The third-order valence-electron chi connectivity index (χ3n) is 2.40. The second-order valence-corrected chi connectivity index (χ2v) is 6.82. The van der Waals surface area contributed by atoms with Crippen molar-refractivity contribution in [3.8, 4) is 5.75 Å². The lowest BCUT2D eigenvalue weighted by Gasteiger charge is -2.26. The molecule has 1 amide bonds. The fourth-order valence-electron chi connectivity index (χ4n) is 1.26. The minimum Gasteiger partial charge on any atom is -0.466 e. The van der Waals surface area contributed by atoms with Crippen molar-refractivity contribution >= 4 is 46.4 Å². The first-order chi connectivity index (χ1) is 9.61. The quantitative estimate of drug-likeness (QED) is 0.380. The average molecular weight is 356 g/mol. The number of benzene rings is 1. The Balaban J connectivity index is 2.86. The number of hydrogen-bond donors (Lipinski definition) is 1. The molecule has 0 saturated carbocycles. The van der Waals surface area contributed by atoms with Crippen LogP contribution in [-0.4, -0.2) is 20.9 Å². The summed E-state index contributed by atoms with van der Waals surface area (Å²) in [7, 11) is 0. The Morgan fingerprint density at radius 2 is 1.81 bits per heavy atom. The van der Waals surface area contributed by atoms with E-state index >= 15 is 0 Å². The van der Waals surface area contributed by atoms with Crippen LogP contribution in [0.3, 0.4) is 0 Å². The number of nitro groups is 1. The van der Waals surface area contributed by atoms with Crippen LogP contribution < -0.4 is 10.1 Å². The lowest BCUT2D eigenvalue weighted by Crippen LogP contribution is -2.49. The van der Waals surface area contributed by atoms with E-state index < -0.39 is 14.9 Å². The zero-order chi connectivity index (χ0) is 16.2. The van der Waals surface area contributed by atoms with Crippen molar-refractivity contribution in [2.24, 2.45) is 5.92 Å². The van der Waals surface area contributed by atoms with E-state index in [1.807, 2.05) is 0 Å². The first-order valence-corrected chi connectivity index (χ1v) is 7.03. The molecule has 0 aliphatic rings. The number of nitrogens with one attached hydrogen (secondary N) is 1. The molecule has 1 aromatic rings. The maximum absolute atomic E-state index is 11.7. The highest BCUT2D eigenvalue weighted by Crippen LogP contribution is 2.32. The van der Waals surface area contributed by atoms with E-state index in [0.29, 0.717) is 0 Å². The summed E-state index contributed by atoms with van der Waals surface area (Å²) in [6.07, 6.45) is -1.22. The van der Waals surface area contributed by atoms with Gasteiger partial charge in [-0.05, 0) is 12.1 Å². The Labute approximate surface area is 136 Å². The Kier molecular flexibility index (Phi) is 6.07. The average Bonchev–Trinajstić information content (AvgIpc) is 2.37. The third-order valence-corrected chi connectivity index (χ3v) is 2.99. The Bertz CT molecular complexity index is 514. The summed E-state index contributed by atoms with van der Waals surface area (Å²) in [5.41, 5.74) is -0.0981. The number of rotatable bonds is 5. The molecule has 1 rings (SSSR count). The predicted molar refractivity (Wildman–Crippen MR) is 80.8 cm³/mol. The molecule has 1 unspecified atom stereocenters. The first-order valence-electron chi connectivity index (χ1n) is 5.89. The highest BCUT2D eigenvalue weighted by molar-refractivity contribution is 6.68. The number of ether oxygens (including phenoxy) is 1. The fourth-order valence-corrected chi connectivity index (χ4v) is 1.55. The maximum Gasteiger partial charge on any atom is 0.269 e. The van der Waals surface area contributed by atoms with Crippen LogP contribution in [0.2, 0.25) is 0 Å².